The number of halogens is 1. The van der Waals surface area contributed by atoms with Crippen molar-refractivity contribution in [2.24, 2.45) is 5.92 Å². The summed E-state index contributed by atoms with van der Waals surface area (Å²) in [5.74, 6) is 1.40. The summed E-state index contributed by atoms with van der Waals surface area (Å²) < 4.78 is 5.84. The van der Waals surface area contributed by atoms with Gasteiger partial charge in [0.05, 0.1) is 11.6 Å². The SMILES string of the molecule is CCCNC(C)c1ccc(OCC(CC)CC)c(Cl)c1. The number of nitrogens with one attached hydrogen (secondary N) is 1. The quantitative estimate of drug-likeness (QED) is 0.675. The van der Waals surface area contributed by atoms with Crippen LogP contribution in [0, 0.1) is 5.92 Å². The van der Waals surface area contributed by atoms with E-state index in [9.17, 15) is 0 Å². The summed E-state index contributed by atoms with van der Waals surface area (Å²) in [6.45, 7) is 10.5. The minimum Gasteiger partial charge on any atom is -0.492 e. The van der Waals surface area contributed by atoms with E-state index in [2.05, 4.69) is 39.1 Å². The van der Waals surface area contributed by atoms with Gasteiger partial charge in [0.1, 0.15) is 5.75 Å². The third-order valence-corrected chi connectivity index (χ3v) is 4.08. The van der Waals surface area contributed by atoms with Crippen molar-refractivity contribution in [3.63, 3.8) is 0 Å². The third-order valence-electron chi connectivity index (χ3n) is 3.79. The molecule has 1 N–H and O–H groups in total. The Hall–Kier alpha value is -0.730. The molecule has 0 saturated carbocycles. The topological polar surface area (TPSA) is 21.3 Å². The van der Waals surface area contributed by atoms with E-state index in [1.807, 2.05) is 12.1 Å². The number of benzene rings is 1. The molecule has 0 saturated heterocycles. The van der Waals surface area contributed by atoms with Crippen LogP contribution in [0.3, 0.4) is 0 Å². The summed E-state index contributed by atoms with van der Waals surface area (Å²) in [7, 11) is 0. The Labute approximate surface area is 128 Å². The smallest absolute Gasteiger partial charge is 0.137 e. The molecule has 0 spiro atoms. The average Bonchev–Trinajstić information content (AvgIpc) is 2.47. The lowest BCUT2D eigenvalue weighted by Crippen LogP contribution is -2.19. The molecule has 1 atom stereocenters. The largest absolute Gasteiger partial charge is 0.492 e. The number of hydrogen-bond acceptors (Lipinski definition) is 2. The number of ether oxygens (including phenoxy) is 1. The van der Waals surface area contributed by atoms with Crippen molar-refractivity contribution in [1.82, 2.24) is 5.32 Å². The molecular formula is C17H28ClNO. The van der Waals surface area contributed by atoms with Crippen molar-refractivity contribution >= 4 is 11.6 Å². The molecule has 3 heteroatoms. The van der Waals surface area contributed by atoms with Crippen LogP contribution in [0.1, 0.15) is 58.6 Å². The minimum atomic E-state index is 0.320. The molecular weight excluding hydrogens is 270 g/mol. The van der Waals surface area contributed by atoms with E-state index in [4.69, 9.17) is 16.3 Å². The molecule has 0 fully saturated rings. The second kappa shape index (κ2) is 9.25. The zero-order valence-electron chi connectivity index (χ0n) is 13.2. The van der Waals surface area contributed by atoms with Crippen LogP contribution in [0.25, 0.3) is 0 Å². The highest BCUT2D eigenvalue weighted by Crippen LogP contribution is 2.28. The van der Waals surface area contributed by atoms with Crippen molar-refractivity contribution in [2.45, 2.75) is 53.0 Å². The Morgan fingerprint density at radius 3 is 2.45 bits per heavy atom. The van der Waals surface area contributed by atoms with Gasteiger partial charge in [-0.3, -0.25) is 0 Å². The maximum Gasteiger partial charge on any atom is 0.137 e. The average molecular weight is 298 g/mol. The first-order chi connectivity index (χ1) is 9.62. The Bertz CT molecular complexity index is 391. The van der Waals surface area contributed by atoms with Gasteiger partial charge in [-0.15, -0.1) is 0 Å². The molecule has 20 heavy (non-hydrogen) atoms. The molecule has 1 unspecified atom stereocenters. The lowest BCUT2D eigenvalue weighted by atomic mass is 10.1. The Kier molecular flexibility index (Phi) is 8.01. The fourth-order valence-corrected chi connectivity index (χ4v) is 2.36. The molecule has 0 aromatic heterocycles. The molecule has 0 heterocycles. The molecule has 2 nitrogen and oxygen atoms in total. The van der Waals surface area contributed by atoms with E-state index in [1.165, 1.54) is 5.56 Å². The fourth-order valence-electron chi connectivity index (χ4n) is 2.11. The molecule has 0 amide bonds. The van der Waals surface area contributed by atoms with Crippen molar-refractivity contribution in [1.29, 1.82) is 0 Å². The van der Waals surface area contributed by atoms with Gasteiger partial charge in [0, 0.05) is 6.04 Å². The van der Waals surface area contributed by atoms with Crippen LogP contribution in [0.4, 0.5) is 0 Å². The van der Waals surface area contributed by atoms with Crippen LogP contribution >= 0.6 is 11.6 Å². The van der Waals surface area contributed by atoms with Gasteiger partial charge in [0.2, 0.25) is 0 Å². The summed E-state index contributed by atoms with van der Waals surface area (Å²) >= 11 is 6.32. The second-order valence-corrected chi connectivity index (χ2v) is 5.77. The van der Waals surface area contributed by atoms with Crippen LogP contribution in [-0.4, -0.2) is 13.2 Å². The predicted molar refractivity (Wildman–Crippen MR) is 87.7 cm³/mol. The van der Waals surface area contributed by atoms with Crippen LogP contribution in [0.2, 0.25) is 5.02 Å². The molecule has 114 valence electrons. The molecule has 1 aromatic carbocycles. The molecule has 0 aliphatic heterocycles. The van der Waals surface area contributed by atoms with Gasteiger partial charge in [0.25, 0.3) is 0 Å². The van der Waals surface area contributed by atoms with Gasteiger partial charge >= 0.3 is 0 Å². The highest BCUT2D eigenvalue weighted by atomic mass is 35.5. The summed E-state index contributed by atoms with van der Waals surface area (Å²) in [5.41, 5.74) is 1.21. The molecule has 0 bridgehead atoms. The summed E-state index contributed by atoms with van der Waals surface area (Å²) in [6, 6.07) is 6.42. The highest BCUT2D eigenvalue weighted by Gasteiger charge is 2.10. The number of hydrogen-bond donors (Lipinski definition) is 1. The van der Waals surface area contributed by atoms with Crippen molar-refractivity contribution in [3.8, 4) is 5.75 Å². The standard InChI is InChI=1S/C17H28ClNO/c1-5-10-19-13(4)15-8-9-17(16(18)11-15)20-12-14(6-2)7-3/h8-9,11,13-14,19H,5-7,10,12H2,1-4H3. The summed E-state index contributed by atoms with van der Waals surface area (Å²) in [6.07, 6.45) is 3.42. The fraction of sp³-hybridized carbons (Fsp3) is 0.647. The van der Waals surface area contributed by atoms with Crippen LogP contribution in [-0.2, 0) is 0 Å². The van der Waals surface area contributed by atoms with Gasteiger partial charge < -0.3 is 10.1 Å². The maximum absolute atomic E-state index is 6.32. The molecule has 0 aliphatic rings. The molecule has 1 aromatic rings. The maximum atomic E-state index is 6.32. The zero-order chi connectivity index (χ0) is 15.0. The second-order valence-electron chi connectivity index (χ2n) is 5.36. The Morgan fingerprint density at radius 2 is 1.90 bits per heavy atom. The lowest BCUT2D eigenvalue weighted by molar-refractivity contribution is 0.240. The first-order valence-corrected chi connectivity index (χ1v) is 8.15. The van der Waals surface area contributed by atoms with Crippen LogP contribution in [0.15, 0.2) is 18.2 Å². The van der Waals surface area contributed by atoms with Crippen LogP contribution in [0.5, 0.6) is 5.75 Å². The van der Waals surface area contributed by atoms with E-state index in [0.29, 0.717) is 17.0 Å². The lowest BCUT2D eigenvalue weighted by Gasteiger charge is -2.17. The first kappa shape index (κ1) is 17.3. The van der Waals surface area contributed by atoms with Crippen LogP contribution < -0.4 is 10.1 Å². The van der Waals surface area contributed by atoms with Gasteiger partial charge in [-0.25, -0.2) is 0 Å². The molecule has 1 rings (SSSR count). The summed E-state index contributed by atoms with van der Waals surface area (Å²) in [5, 5.41) is 4.17. The Balaban J connectivity index is 2.63. The van der Waals surface area contributed by atoms with E-state index in [1.54, 1.807) is 0 Å². The van der Waals surface area contributed by atoms with E-state index in [0.717, 1.165) is 38.2 Å². The zero-order valence-corrected chi connectivity index (χ0v) is 14.0. The molecule has 0 aliphatic carbocycles. The third kappa shape index (κ3) is 5.34. The van der Waals surface area contributed by atoms with Gasteiger partial charge in [-0.05, 0) is 43.5 Å². The summed E-state index contributed by atoms with van der Waals surface area (Å²) in [4.78, 5) is 0. The van der Waals surface area contributed by atoms with Gasteiger partial charge in [-0.1, -0.05) is 51.3 Å². The first-order valence-electron chi connectivity index (χ1n) is 7.77. The van der Waals surface area contributed by atoms with E-state index in [-0.39, 0.29) is 0 Å². The van der Waals surface area contributed by atoms with E-state index >= 15 is 0 Å². The van der Waals surface area contributed by atoms with Crippen molar-refractivity contribution in [2.75, 3.05) is 13.2 Å². The minimum absolute atomic E-state index is 0.320. The normalized spacial score (nSPS) is 12.7. The van der Waals surface area contributed by atoms with Crippen molar-refractivity contribution in [3.05, 3.63) is 28.8 Å². The monoisotopic (exact) mass is 297 g/mol. The number of rotatable bonds is 9. The highest BCUT2D eigenvalue weighted by molar-refractivity contribution is 6.32. The van der Waals surface area contributed by atoms with Gasteiger partial charge in [0.15, 0.2) is 0 Å². The van der Waals surface area contributed by atoms with Gasteiger partial charge in [-0.2, -0.15) is 0 Å². The molecule has 0 radical (unpaired) electrons. The predicted octanol–water partition coefficient (Wildman–Crippen LogP) is 5.22. The van der Waals surface area contributed by atoms with Crippen molar-refractivity contribution < 1.29 is 4.74 Å². The van der Waals surface area contributed by atoms with E-state index < -0.39 is 0 Å². The Morgan fingerprint density at radius 1 is 1.20 bits per heavy atom.